The third-order valence-corrected chi connectivity index (χ3v) is 2.52. The molecule has 0 aromatic carbocycles. The first-order valence-electron chi connectivity index (χ1n) is 4.41. The summed E-state index contributed by atoms with van der Waals surface area (Å²) in [6.45, 7) is 2.25. The van der Waals surface area contributed by atoms with Crippen molar-refractivity contribution in [3.05, 3.63) is 29.8 Å². The molecule has 2 aromatic heterocycles. The van der Waals surface area contributed by atoms with Crippen LogP contribution < -0.4 is 5.73 Å². The van der Waals surface area contributed by atoms with E-state index in [9.17, 15) is 0 Å². The van der Waals surface area contributed by atoms with E-state index < -0.39 is 0 Å². The fraction of sp³-hybridized carbons (Fsp3) is 0.222. The fourth-order valence-corrected chi connectivity index (χ4v) is 1.67. The highest BCUT2D eigenvalue weighted by Crippen LogP contribution is 2.24. The van der Waals surface area contributed by atoms with Crippen molar-refractivity contribution in [2.75, 3.05) is 0 Å². The second-order valence-electron chi connectivity index (χ2n) is 2.90. The Bertz CT molecular complexity index is 440. The van der Waals surface area contributed by atoms with E-state index in [0.717, 1.165) is 10.6 Å². The number of hydrogen-bond acceptors (Lipinski definition) is 6. The third-order valence-electron chi connectivity index (χ3n) is 1.73. The maximum atomic E-state index is 5.47. The summed E-state index contributed by atoms with van der Waals surface area (Å²) in [7, 11) is 0. The fourth-order valence-electron chi connectivity index (χ4n) is 1.00. The molecular formula is C9H10N4OS. The van der Waals surface area contributed by atoms with Crippen molar-refractivity contribution in [2.24, 2.45) is 5.73 Å². The number of pyridine rings is 1. The lowest BCUT2D eigenvalue weighted by molar-refractivity contribution is 0.429. The molecule has 2 rings (SSSR count). The van der Waals surface area contributed by atoms with E-state index in [2.05, 4.69) is 15.2 Å². The number of aromatic nitrogens is 3. The predicted molar refractivity (Wildman–Crippen MR) is 55.3 cm³/mol. The molecule has 0 aliphatic rings. The van der Waals surface area contributed by atoms with E-state index in [-0.39, 0.29) is 0 Å². The van der Waals surface area contributed by atoms with Gasteiger partial charge >= 0.3 is 0 Å². The van der Waals surface area contributed by atoms with Crippen LogP contribution in [0.2, 0.25) is 0 Å². The molecule has 15 heavy (non-hydrogen) atoms. The van der Waals surface area contributed by atoms with Crippen LogP contribution in [0.4, 0.5) is 0 Å². The molecule has 78 valence electrons. The zero-order valence-corrected chi connectivity index (χ0v) is 8.99. The molecule has 2 N–H and O–H groups in total. The Balaban J connectivity index is 2.11. The minimum absolute atomic E-state index is 0.498. The van der Waals surface area contributed by atoms with Crippen LogP contribution in [0, 0.1) is 6.92 Å². The maximum Gasteiger partial charge on any atom is 0.282 e. The summed E-state index contributed by atoms with van der Waals surface area (Å²) in [5.41, 5.74) is 6.47. The van der Waals surface area contributed by atoms with Crippen molar-refractivity contribution >= 4 is 11.8 Å². The highest BCUT2D eigenvalue weighted by molar-refractivity contribution is 7.99. The minimum Gasteiger partial charge on any atom is -0.416 e. The molecule has 6 heteroatoms. The number of rotatable bonds is 3. The Kier molecular flexibility index (Phi) is 2.98. The van der Waals surface area contributed by atoms with Gasteiger partial charge in [-0.1, -0.05) is 6.07 Å². The van der Waals surface area contributed by atoms with E-state index in [1.54, 1.807) is 13.1 Å². The van der Waals surface area contributed by atoms with Crippen molar-refractivity contribution in [2.45, 2.75) is 23.7 Å². The second kappa shape index (κ2) is 4.41. The monoisotopic (exact) mass is 222 g/mol. The van der Waals surface area contributed by atoms with E-state index in [1.165, 1.54) is 11.8 Å². The number of nitrogens with two attached hydrogens (primary N) is 1. The van der Waals surface area contributed by atoms with Crippen molar-refractivity contribution in [3.63, 3.8) is 0 Å². The van der Waals surface area contributed by atoms with Crippen molar-refractivity contribution < 1.29 is 4.42 Å². The highest BCUT2D eigenvalue weighted by atomic mass is 32.2. The lowest BCUT2D eigenvalue weighted by Gasteiger charge is -1.97. The summed E-state index contributed by atoms with van der Waals surface area (Å²) in [5, 5.41) is 8.91. The Morgan fingerprint density at radius 1 is 1.40 bits per heavy atom. The molecule has 0 bridgehead atoms. The van der Waals surface area contributed by atoms with Gasteiger partial charge in [-0.05, 0) is 23.4 Å². The van der Waals surface area contributed by atoms with E-state index >= 15 is 0 Å². The van der Waals surface area contributed by atoms with Gasteiger partial charge in [0.25, 0.3) is 5.22 Å². The standard InChI is InChI=1S/C9H10N4OS/c1-6-12-13-9(14-6)15-8-3-2-7(4-10)5-11-8/h2-3,5H,4,10H2,1H3. The minimum atomic E-state index is 0.498. The van der Waals surface area contributed by atoms with Crippen LogP contribution in [0.1, 0.15) is 11.5 Å². The largest absolute Gasteiger partial charge is 0.416 e. The molecule has 0 aliphatic carbocycles. The Morgan fingerprint density at radius 2 is 2.27 bits per heavy atom. The summed E-state index contributed by atoms with van der Waals surface area (Å²) >= 11 is 1.34. The highest BCUT2D eigenvalue weighted by Gasteiger charge is 2.05. The summed E-state index contributed by atoms with van der Waals surface area (Å²) in [6, 6.07) is 3.81. The molecule has 0 radical (unpaired) electrons. The SMILES string of the molecule is Cc1nnc(Sc2ccc(CN)cn2)o1. The number of aryl methyl sites for hydroxylation is 1. The van der Waals surface area contributed by atoms with Crippen LogP contribution in [0.25, 0.3) is 0 Å². The average molecular weight is 222 g/mol. The summed E-state index contributed by atoms with van der Waals surface area (Å²) in [5.74, 6) is 0.552. The van der Waals surface area contributed by atoms with Gasteiger partial charge in [0.15, 0.2) is 0 Å². The molecule has 2 aromatic rings. The van der Waals surface area contributed by atoms with Gasteiger partial charge in [-0.2, -0.15) is 0 Å². The number of nitrogens with zero attached hydrogens (tertiary/aromatic N) is 3. The van der Waals surface area contributed by atoms with Crippen LogP contribution in [-0.2, 0) is 6.54 Å². The maximum absolute atomic E-state index is 5.47. The zero-order valence-electron chi connectivity index (χ0n) is 8.17. The van der Waals surface area contributed by atoms with Gasteiger partial charge in [0.05, 0.1) is 0 Å². The van der Waals surface area contributed by atoms with Crippen LogP contribution in [0.15, 0.2) is 33.0 Å². The Hall–Kier alpha value is -1.40. The molecule has 0 aliphatic heterocycles. The summed E-state index contributed by atoms with van der Waals surface area (Å²) in [4.78, 5) is 4.21. The quantitative estimate of drug-likeness (QED) is 0.845. The average Bonchev–Trinajstić information content (AvgIpc) is 2.65. The third kappa shape index (κ3) is 2.54. The zero-order chi connectivity index (χ0) is 10.7. The topological polar surface area (TPSA) is 77.8 Å². The number of hydrogen-bond donors (Lipinski definition) is 1. The van der Waals surface area contributed by atoms with Gasteiger partial charge in [-0.15, -0.1) is 10.2 Å². The molecule has 0 unspecified atom stereocenters. The summed E-state index contributed by atoms with van der Waals surface area (Å²) < 4.78 is 5.22. The first kappa shape index (κ1) is 10.1. The molecule has 0 amide bonds. The lowest BCUT2D eigenvalue weighted by Crippen LogP contribution is -1.96. The Labute approximate surface area is 91.1 Å². The van der Waals surface area contributed by atoms with Gasteiger partial charge in [0, 0.05) is 19.7 Å². The normalized spacial score (nSPS) is 10.5. The molecule has 2 heterocycles. The Morgan fingerprint density at radius 3 is 2.80 bits per heavy atom. The molecular weight excluding hydrogens is 212 g/mol. The van der Waals surface area contributed by atoms with Crippen LogP contribution in [0.3, 0.4) is 0 Å². The first-order chi connectivity index (χ1) is 7.28. The van der Waals surface area contributed by atoms with E-state index in [1.807, 2.05) is 12.1 Å². The van der Waals surface area contributed by atoms with Crippen LogP contribution in [-0.4, -0.2) is 15.2 Å². The second-order valence-corrected chi connectivity index (χ2v) is 3.87. The molecule has 0 fully saturated rings. The molecule has 0 saturated carbocycles. The van der Waals surface area contributed by atoms with Crippen molar-refractivity contribution in [3.8, 4) is 0 Å². The molecule has 0 saturated heterocycles. The van der Waals surface area contributed by atoms with Gasteiger partial charge in [0.2, 0.25) is 5.89 Å². The summed E-state index contributed by atoms with van der Waals surface area (Å²) in [6.07, 6.45) is 1.74. The van der Waals surface area contributed by atoms with Crippen LogP contribution >= 0.6 is 11.8 Å². The smallest absolute Gasteiger partial charge is 0.282 e. The molecule has 5 nitrogen and oxygen atoms in total. The van der Waals surface area contributed by atoms with Gasteiger partial charge in [-0.3, -0.25) is 0 Å². The van der Waals surface area contributed by atoms with E-state index in [0.29, 0.717) is 17.7 Å². The van der Waals surface area contributed by atoms with Crippen LogP contribution in [0.5, 0.6) is 0 Å². The molecule has 0 atom stereocenters. The van der Waals surface area contributed by atoms with E-state index in [4.69, 9.17) is 10.2 Å². The van der Waals surface area contributed by atoms with Gasteiger partial charge in [-0.25, -0.2) is 4.98 Å². The van der Waals surface area contributed by atoms with Gasteiger partial charge < -0.3 is 10.2 Å². The van der Waals surface area contributed by atoms with Crippen molar-refractivity contribution in [1.82, 2.24) is 15.2 Å². The van der Waals surface area contributed by atoms with Gasteiger partial charge in [0.1, 0.15) is 5.03 Å². The predicted octanol–water partition coefficient (Wildman–Crippen LogP) is 1.38. The molecule has 0 spiro atoms. The lowest BCUT2D eigenvalue weighted by atomic mass is 10.3. The van der Waals surface area contributed by atoms with Crippen molar-refractivity contribution in [1.29, 1.82) is 0 Å². The first-order valence-corrected chi connectivity index (χ1v) is 5.22.